The van der Waals surface area contributed by atoms with Crippen molar-refractivity contribution >= 4 is 28.3 Å². The monoisotopic (exact) mass is 419 g/mol. The van der Waals surface area contributed by atoms with Crippen molar-refractivity contribution < 1.29 is 14.1 Å². The lowest BCUT2D eigenvalue weighted by molar-refractivity contribution is -0.384. The lowest BCUT2D eigenvalue weighted by atomic mass is 9.99. The number of carbonyl (C=O) groups excluding carboxylic acids is 1. The Bertz CT molecular complexity index is 1250. The highest BCUT2D eigenvalue weighted by Crippen LogP contribution is 2.32. The number of halogens is 1. The van der Waals surface area contributed by atoms with Gasteiger partial charge in [-0.25, -0.2) is 9.37 Å². The normalized spacial score (nSPS) is 15.6. The number of nitriles is 1. The number of hydrogen-bond acceptors (Lipinski definition) is 6. The van der Waals surface area contributed by atoms with Crippen LogP contribution >= 0.6 is 0 Å². The van der Waals surface area contributed by atoms with Crippen LogP contribution in [0.3, 0.4) is 0 Å². The predicted molar refractivity (Wildman–Crippen MR) is 112 cm³/mol. The molecule has 2 aromatic carbocycles. The summed E-state index contributed by atoms with van der Waals surface area (Å²) in [5.41, 5.74) is 2.16. The Hall–Kier alpha value is -4.06. The molecular weight excluding hydrogens is 401 g/mol. The molecule has 8 nitrogen and oxygen atoms in total. The summed E-state index contributed by atoms with van der Waals surface area (Å²) < 4.78 is 13.9. The van der Waals surface area contributed by atoms with Gasteiger partial charge in [-0.3, -0.25) is 14.9 Å². The highest BCUT2D eigenvalue weighted by Gasteiger charge is 2.25. The maximum Gasteiger partial charge on any atom is 0.270 e. The Labute approximate surface area is 177 Å². The SMILES string of the molecule is CC(=O)N1CCC(Nc2cc(C#N)c3cc([N+](=O)[O-])ccc3n2)c2ccc(F)cc2C1. The number of hydrogen-bond donors (Lipinski definition) is 1. The molecule has 1 amide bonds. The molecule has 0 saturated carbocycles. The molecule has 31 heavy (non-hydrogen) atoms. The number of nitrogens with one attached hydrogen (secondary N) is 1. The van der Waals surface area contributed by atoms with E-state index >= 15 is 0 Å². The van der Waals surface area contributed by atoms with E-state index in [2.05, 4.69) is 16.4 Å². The number of amides is 1. The first kappa shape index (κ1) is 20.2. The molecule has 0 saturated heterocycles. The van der Waals surface area contributed by atoms with Crippen molar-refractivity contribution in [3.63, 3.8) is 0 Å². The quantitative estimate of drug-likeness (QED) is 0.506. The van der Waals surface area contributed by atoms with E-state index in [0.29, 0.717) is 41.8 Å². The molecule has 2 heterocycles. The summed E-state index contributed by atoms with van der Waals surface area (Å²) in [7, 11) is 0. The molecular formula is C22H18FN5O3. The summed E-state index contributed by atoms with van der Waals surface area (Å²) in [6, 6.07) is 12.0. The summed E-state index contributed by atoms with van der Waals surface area (Å²) in [6.45, 7) is 2.28. The van der Waals surface area contributed by atoms with Gasteiger partial charge in [0.25, 0.3) is 5.69 Å². The molecule has 1 aliphatic heterocycles. The standard InChI is InChI=1S/C22H18FN5O3/c1-13(29)27-7-6-21(18-4-2-16(23)8-15(18)12-27)26-22-9-14(11-24)19-10-17(28(30)31)3-5-20(19)25-22/h2-5,8-10,21H,6-7,12H2,1H3,(H,25,26). The van der Waals surface area contributed by atoms with Crippen LogP contribution in [0.4, 0.5) is 15.9 Å². The zero-order chi connectivity index (χ0) is 22.1. The molecule has 1 N–H and O–H groups in total. The van der Waals surface area contributed by atoms with Gasteiger partial charge in [-0.05, 0) is 41.8 Å². The molecule has 0 spiro atoms. The van der Waals surface area contributed by atoms with Crippen LogP contribution in [0.1, 0.15) is 36.1 Å². The number of benzene rings is 2. The van der Waals surface area contributed by atoms with Crippen molar-refractivity contribution in [2.24, 2.45) is 0 Å². The Morgan fingerprint density at radius 1 is 1.32 bits per heavy atom. The molecule has 0 bridgehead atoms. The average molecular weight is 419 g/mol. The van der Waals surface area contributed by atoms with E-state index in [1.807, 2.05) is 0 Å². The van der Waals surface area contributed by atoms with Crippen LogP contribution in [-0.4, -0.2) is 27.3 Å². The van der Waals surface area contributed by atoms with E-state index in [4.69, 9.17) is 0 Å². The zero-order valence-electron chi connectivity index (χ0n) is 16.6. The molecule has 9 heteroatoms. The van der Waals surface area contributed by atoms with E-state index < -0.39 is 4.92 Å². The van der Waals surface area contributed by atoms with Crippen LogP contribution in [0.5, 0.6) is 0 Å². The molecule has 1 atom stereocenters. The minimum absolute atomic E-state index is 0.0898. The van der Waals surface area contributed by atoms with Gasteiger partial charge < -0.3 is 10.2 Å². The number of nitro benzene ring substituents is 1. The fourth-order valence-corrected chi connectivity index (χ4v) is 3.87. The first-order valence-corrected chi connectivity index (χ1v) is 9.65. The van der Waals surface area contributed by atoms with Gasteiger partial charge in [0.05, 0.1) is 28.1 Å². The summed E-state index contributed by atoms with van der Waals surface area (Å²) in [5, 5.41) is 24.3. The number of nitrogens with zero attached hydrogens (tertiary/aromatic N) is 4. The molecule has 0 aliphatic carbocycles. The number of non-ortho nitro benzene ring substituents is 1. The smallest absolute Gasteiger partial charge is 0.270 e. The zero-order valence-corrected chi connectivity index (χ0v) is 16.6. The third kappa shape index (κ3) is 4.00. The molecule has 3 aromatic rings. The molecule has 156 valence electrons. The van der Waals surface area contributed by atoms with Gasteiger partial charge in [0.15, 0.2) is 0 Å². The number of fused-ring (bicyclic) bond motifs is 2. The average Bonchev–Trinajstić information content (AvgIpc) is 2.92. The molecule has 0 radical (unpaired) electrons. The van der Waals surface area contributed by atoms with Crippen LogP contribution < -0.4 is 5.32 Å². The van der Waals surface area contributed by atoms with Crippen molar-refractivity contribution in [1.29, 1.82) is 5.26 Å². The number of nitro groups is 1. The number of rotatable bonds is 3. The summed E-state index contributed by atoms with van der Waals surface area (Å²) in [4.78, 5) is 28.6. The highest BCUT2D eigenvalue weighted by molar-refractivity contribution is 5.88. The molecule has 4 rings (SSSR count). The second-order valence-corrected chi connectivity index (χ2v) is 7.39. The Morgan fingerprint density at radius 2 is 2.13 bits per heavy atom. The lowest BCUT2D eigenvalue weighted by Gasteiger charge is -2.20. The van der Waals surface area contributed by atoms with Crippen molar-refractivity contribution in [1.82, 2.24) is 9.88 Å². The van der Waals surface area contributed by atoms with Crippen molar-refractivity contribution in [3.8, 4) is 6.07 Å². The van der Waals surface area contributed by atoms with Crippen LogP contribution in [0.2, 0.25) is 0 Å². The van der Waals surface area contributed by atoms with Gasteiger partial charge in [0, 0.05) is 37.5 Å². The summed E-state index contributed by atoms with van der Waals surface area (Å²) in [6.07, 6.45) is 0.570. The van der Waals surface area contributed by atoms with Gasteiger partial charge in [0.1, 0.15) is 11.6 Å². The second kappa shape index (κ2) is 7.99. The van der Waals surface area contributed by atoms with E-state index in [1.165, 1.54) is 37.3 Å². The molecule has 1 unspecified atom stereocenters. The van der Waals surface area contributed by atoms with Gasteiger partial charge >= 0.3 is 0 Å². The van der Waals surface area contributed by atoms with Crippen LogP contribution in [0, 0.1) is 27.3 Å². The largest absolute Gasteiger partial charge is 0.363 e. The number of anilines is 1. The number of pyridine rings is 1. The Kier molecular flexibility index (Phi) is 5.21. The number of aromatic nitrogens is 1. The van der Waals surface area contributed by atoms with E-state index in [1.54, 1.807) is 17.0 Å². The summed E-state index contributed by atoms with van der Waals surface area (Å²) >= 11 is 0. The minimum atomic E-state index is -0.519. The second-order valence-electron chi connectivity index (χ2n) is 7.39. The molecule has 1 aromatic heterocycles. The van der Waals surface area contributed by atoms with Crippen LogP contribution in [-0.2, 0) is 11.3 Å². The van der Waals surface area contributed by atoms with Crippen molar-refractivity contribution in [2.75, 3.05) is 11.9 Å². The molecule has 1 aliphatic rings. The van der Waals surface area contributed by atoms with E-state index in [9.17, 15) is 24.6 Å². The fraction of sp³-hybridized carbons (Fsp3) is 0.227. The van der Waals surface area contributed by atoms with E-state index in [-0.39, 0.29) is 29.0 Å². The predicted octanol–water partition coefficient (Wildman–Crippen LogP) is 4.06. The van der Waals surface area contributed by atoms with Gasteiger partial charge in [0.2, 0.25) is 5.91 Å². The highest BCUT2D eigenvalue weighted by atomic mass is 19.1. The molecule has 0 fully saturated rings. The summed E-state index contributed by atoms with van der Waals surface area (Å²) in [5.74, 6) is -0.0393. The van der Waals surface area contributed by atoms with Crippen LogP contribution in [0.25, 0.3) is 10.9 Å². The third-order valence-electron chi connectivity index (χ3n) is 5.42. The van der Waals surface area contributed by atoms with Crippen LogP contribution in [0.15, 0.2) is 42.5 Å². The van der Waals surface area contributed by atoms with Gasteiger partial charge in [-0.1, -0.05) is 6.07 Å². The maximum atomic E-state index is 13.9. The Morgan fingerprint density at radius 3 is 2.84 bits per heavy atom. The lowest BCUT2D eigenvalue weighted by Crippen LogP contribution is -2.28. The first-order valence-electron chi connectivity index (χ1n) is 9.65. The topological polar surface area (TPSA) is 112 Å². The van der Waals surface area contributed by atoms with Gasteiger partial charge in [-0.2, -0.15) is 5.26 Å². The van der Waals surface area contributed by atoms with Crippen molar-refractivity contribution in [3.05, 3.63) is 75.1 Å². The number of carbonyl (C=O) groups is 1. The third-order valence-corrected chi connectivity index (χ3v) is 5.42. The maximum absolute atomic E-state index is 13.9. The van der Waals surface area contributed by atoms with Crippen molar-refractivity contribution in [2.45, 2.75) is 25.9 Å². The van der Waals surface area contributed by atoms with E-state index in [0.717, 1.165) is 5.56 Å². The Balaban J connectivity index is 1.73. The van der Waals surface area contributed by atoms with Gasteiger partial charge in [-0.15, -0.1) is 0 Å². The minimum Gasteiger partial charge on any atom is -0.363 e. The first-order chi connectivity index (χ1) is 14.9. The fourth-order valence-electron chi connectivity index (χ4n) is 3.87.